The van der Waals surface area contributed by atoms with E-state index in [9.17, 15) is 13.2 Å². The molecule has 0 spiro atoms. The van der Waals surface area contributed by atoms with Gasteiger partial charge in [0.15, 0.2) is 9.84 Å². The van der Waals surface area contributed by atoms with E-state index >= 15 is 0 Å². The Kier molecular flexibility index (Phi) is 4.45. The molecule has 1 fully saturated rings. The summed E-state index contributed by atoms with van der Waals surface area (Å²) in [7, 11) is -3.39. The van der Waals surface area contributed by atoms with E-state index in [0.29, 0.717) is 13.1 Å². The fourth-order valence-electron chi connectivity index (χ4n) is 2.40. The average Bonchev–Trinajstić information content (AvgIpc) is 2.46. The van der Waals surface area contributed by atoms with Crippen LogP contribution in [0.25, 0.3) is 0 Å². The highest BCUT2D eigenvalue weighted by molar-refractivity contribution is 7.90. The molecule has 0 aromatic heterocycles. The summed E-state index contributed by atoms with van der Waals surface area (Å²) in [6, 6.07) is 6.42. The molecular formula is C14H20N2O3S. The molecule has 110 valence electrons. The minimum atomic E-state index is -3.39. The lowest BCUT2D eigenvalue weighted by Gasteiger charge is -2.34. The Bertz CT molecular complexity index is 590. The topological polar surface area (TPSA) is 57.7 Å². The molecule has 0 saturated carbocycles. The summed E-state index contributed by atoms with van der Waals surface area (Å²) in [4.78, 5) is 16.6. The number of hydrogen-bond donors (Lipinski definition) is 0. The molecule has 20 heavy (non-hydrogen) atoms. The van der Waals surface area contributed by atoms with E-state index in [4.69, 9.17) is 0 Å². The first-order valence-corrected chi connectivity index (χ1v) is 8.63. The van der Waals surface area contributed by atoms with Gasteiger partial charge >= 0.3 is 0 Å². The summed E-state index contributed by atoms with van der Waals surface area (Å²) in [5, 5.41) is 0. The van der Waals surface area contributed by atoms with E-state index in [0.717, 1.165) is 25.9 Å². The number of carbonyl (C=O) groups is 1. The molecule has 2 rings (SSSR count). The van der Waals surface area contributed by atoms with Crippen molar-refractivity contribution in [3.05, 3.63) is 29.8 Å². The summed E-state index contributed by atoms with van der Waals surface area (Å²) in [5.41, 5.74) is 0.278. The second kappa shape index (κ2) is 5.93. The lowest BCUT2D eigenvalue weighted by atomic mass is 10.2. The van der Waals surface area contributed by atoms with Crippen molar-refractivity contribution in [1.29, 1.82) is 0 Å². The average molecular weight is 296 g/mol. The van der Waals surface area contributed by atoms with Crippen molar-refractivity contribution in [2.45, 2.75) is 11.8 Å². The van der Waals surface area contributed by atoms with Gasteiger partial charge in [-0.3, -0.25) is 4.79 Å². The second-order valence-corrected chi connectivity index (χ2v) is 6.98. The fraction of sp³-hybridized carbons (Fsp3) is 0.500. The molecular weight excluding hydrogens is 276 g/mol. The van der Waals surface area contributed by atoms with E-state index in [2.05, 4.69) is 11.8 Å². The van der Waals surface area contributed by atoms with Crippen LogP contribution in [-0.2, 0) is 9.84 Å². The first-order valence-electron chi connectivity index (χ1n) is 6.74. The molecule has 0 N–H and O–H groups in total. The summed E-state index contributed by atoms with van der Waals surface area (Å²) >= 11 is 0. The monoisotopic (exact) mass is 296 g/mol. The third kappa shape index (κ3) is 3.19. The molecule has 0 unspecified atom stereocenters. The lowest BCUT2D eigenvalue weighted by Crippen LogP contribution is -2.48. The molecule has 0 radical (unpaired) electrons. The van der Waals surface area contributed by atoms with E-state index < -0.39 is 9.84 Å². The number of likely N-dealkylation sites (N-methyl/N-ethyl adjacent to an activating group) is 1. The van der Waals surface area contributed by atoms with Crippen LogP contribution in [-0.4, -0.2) is 63.1 Å². The third-order valence-electron chi connectivity index (χ3n) is 3.62. The molecule has 1 aliphatic rings. The maximum Gasteiger partial charge on any atom is 0.255 e. The van der Waals surface area contributed by atoms with Crippen molar-refractivity contribution >= 4 is 15.7 Å². The number of amides is 1. The van der Waals surface area contributed by atoms with Crippen LogP contribution in [0, 0.1) is 0 Å². The third-order valence-corrected chi connectivity index (χ3v) is 4.78. The predicted octanol–water partition coefficient (Wildman–Crippen LogP) is 0.868. The summed E-state index contributed by atoms with van der Waals surface area (Å²) in [5.74, 6) is -0.193. The van der Waals surface area contributed by atoms with Gasteiger partial charge in [0.1, 0.15) is 0 Å². The summed E-state index contributed by atoms with van der Waals surface area (Å²) in [6.45, 7) is 6.03. The molecule has 0 atom stereocenters. The molecule has 1 heterocycles. The Labute approximate surface area is 120 Å². The summed E-state index contributed by atoms with van der Waals surface area (Å²) < 4.78 is 23.5. The molecule has 1 saturated heterocycles. The zero-order chi connectivity index (χ0) is 14.8. The maximum absolute atomic E-state index is 12.5. The molecule has 1 aromatic carbocycles. The smallest absolute Gasteiger partial charge is 0.255 e. The number of rotatable bonds is 3. The van der Waals surface area contributed by atoms with Crippen LogP contribution in [0.2, 0.25) is 0 Å². The van der Waals surface area contributed by atoms with Crippen LogP contribution >= 0.6 is 0 Å². The van der Waals surface area contributed by atoms with Crippen LogP contribution in [0.15, 0.2) is 29.2 Å². The van der Waals surface area contributed by atoms with Gasteiger partial charge in [-0.1, -0.05) is 19.1 Å². The highest BCUT2D eigenvalue weighted by Gasteiger charge is 2.25. The van der Waals surface area contributed by atoms with Crippen LogP contribution < -0.4 is 0 Å². The molecule has 0 aliphatic carbocycles. The Morgan fingerprint density at radius 1 is 1.15 bits per heavy atom. The van der Waals surface area contributed by atoms with Crippen molar-refractivity contribution in [3.8, 4) is 0 Å². The largest absolute Gasteiger partial charge is 0.336 e. The van der Waals surface area contributed by atoms with Gasteiger partial charge in [-0.2, -0.15) is 0 Å². The van der Waals surface area contributed by atoms with E-state index in [1.807, 2.05) is 0 Å². The van der Waals surface area contributed by atoms with Crippen molar-refractivity contribution in [1.82, 2.24) is 9.80 Å². The second-order valence-electron chi connectivity index (χ2n) is 4.99. The zero-order valence-corrected chi connectivity index (χ0v) is 12.7. The summed E-state index contributed by atoms with van der Waals surface area (Å²) in [6.07, 6.45) is 1.13. The molecule has 1 amide bonds. The van der Waals surface area contributed by atoms with Crippen LogP contribution in [0.5, 0.6) is 0 Å². The van der Waals surface area contributed by atoms with Gasteiger partial charge in [-0.25, -0.2) is 8.42 Å². The minimum Gasteiger partial charge on any atom is -0.336 e. The Morgan fingerprint density at radius 2 is 1.75 bits per heavy atom. The van der Waals surface area contributed by atoms with Gasteiger partial charge in [0.25, 0.3) is 5.91 Å². The first-order chi connectivity index (χ1) is 9.43. The fourth-order valence-corrected chi connectivity index (χ4v) is 3.28. The Hall–Kier alpha value is -1.40. The van der Waals surface area contributed by atoms with Gasteiger partial charge in [0.2, 0.25) is 0 Å². The molecule has 6 heteroatoms. The van der Waals surface area contributed by atoms with E-state index in [1.165, 1.54) is 6.07 Å². The van der Waals surface area contributed by atoms with Gasteiger partial charge in [0.05, 0.1) is 10.5 Å². The van der Waals surface area contributed by atoms with Crippen molar-refractivity contribution in [3.63, 3.8) is 0 Å². The Balaban J connectivity index is 2.23. The standard InChI is InChI=1S/C14H20N2O3S/c1-3-15-8-10-16(11-9-15)14(17)12-6-4-5-7-13(12)20(2,18)19/h4-7H,3,8-11H2,1-2H3. The SMILES string of the molecule is CCN1CCN(C(=O)c2ccccc2S(C)(=O)=O)CC1. The van der Waals surface area contributed by atoms with Crippen molar-refractivity contribution in [2.75, 3.05) is 39.0 Å². The molecule has 1 aliphatic heterocycles. The van der Waals surface area contributed by atoms with Crippen LogP contribution in [0.4, 0.5) is 0 Å². The van der Waals surface area contributed by atoms with E-state index in [1.54, 1.807) is 23.1 Å². The minimum absolute atomic E-state index is 0.114. The van der Waals surface area contributed by atoms with Gasteiger partial charge < -0.3 is 9.80 Å². The number of piperazine rings is 1. The molecule has 0 bridgehead atoms. The predicted molar refractivity (Wildman–Crippen MR) is 77.6 cm³/mol. The van der Waals surface area contributed by atoms with Crippen LogP contribution in [0.3, 0.4) is 0 Å². The number of benzene rings is 1. The first kappa shape index (κ1) is 15.0. The number of hydrogen-bond acceptors (Lipinski definition) is 4. The highest BCUT2D eigenvalue weighted by Crippen LogP contribution is 2.18. The van der Waals surface area contributed by atoms with Gasteiger partial charge in [0, 0.05) is 32.4 Å². The number of sulfone groups is 1. The zero-order valence-electron chi connectivity index (χ0n) is 11.9. The Morgan fingerprint density at radius 3 is 2.30 bits per heavy atom. The van der Waals surface area contributed by atoms with Crippen molar-refractivity contribution in [2.24, 2.45) is 0 Å². The maximum atomic E-state index is 12.5. The lowest BCUT2D eigenvalue weighted by molar-refractivity contribution is 0.0639. The van der Waals surface area contributed by atoms with Gasteiger partial charge in [-0.15, -0.1) is 0 Å². The number of nitrogens with zero attached hydrogens (tertiary/aromatic N) is 2. The molecule has 1 aromatic rings. The highest BCUT2D eigenvalue weighted by atomic mass is 32.2. The molecule has 5 nitrogen and oxygen atoms in total. The number of carbonyl (C=O) groups excluding carboxylic acids is 1. The van der Waals surface area contributed by atoms with Crippen LogP contribution in [0.1, 0.15) is 17.3 Å². The van der Waals surface area contributed by atoms with E-state index in [-0.39, 0.29) is 16.4 Å². The van der Waals surface area contributed by atoms with Gasteiger partial charge in [-0.05, 0) is 18.7 Å². The quantitative estimate of drug-likeness (QED) is 0.830. The normalized spacial score (nSPS) is 17.2. The van der Waals surface area contributed by atoms with Crippen molar-refractivity contribution < 1.29 is 13.2 Å².